The van der Waals surface area contributed by atoms with Crippen molar-refractivity contribution in [2.24, 2.45) is 5.73 Å². The molecule has 1 aromatic carbocycles. The third-order valence-corrected chi connectivity index (χ3v) is 5.07. The zero-order valence-electron chi connectivity index (χ0n) is 16.6. The molecule has 1 fully saturated rings. The zero-order chi connectivity index (χ0) is 18.9. The van der Waals surface area contributed by atoms with Gasteiger partial charge in [0, 0.05) is 51.0 Å². The van der Waals surface area contributed by atoms with Gasteiger partial charge in [0.05, 0.1) is 0 Å². The van der Waals surface area contributed by atoms with Crippen LogP contribution in [0.1, 0.15) is 57.4 Å². The molecule has 2 rings (SSSR count). The summed E-state index contributed by atoms with van der Waals surface area (Å²) in [5.74, 6) is 0.484. The maximum absolute atomic E-state index is 12.5. The molecule has 152 valence electrons. The lowest BCUT2D eigenvalue weighted by Crippen LogP contribution is -2.33. The van der Waals surface area contributed by atoms with Gasteiger partial charge in [0.2, 0.25) is 11.8 Å². The fourth-order valence-electron chi connectivity index (χ4n) is 3.69. The summed E-state index contributed by atoms with van der Waals surface area (Å²) >= 11 is 0. The monoisotopic (exact) mass is 395 g/mol. The smallest absolute Gasteiger partial charge is 0.222 e. The van der Waals surface area contributed by atoms with Crippen LogP contribution < -0.4 is 5.73 Å². The van der Waals surface area contributed by atoms with Gasteiger partial charge in [0.15, 0.2) is 0 Å². The average molecular weight is 396 g/mol. The molecule has 0 aromatic heterocycles. The minimum atomic E-state index is -0.0208. The number of hydrogen-bond acceptors (Lipinski definition) is 3. The number of halogens is 1. The maximum atomic E-state index is 12.5. The van der Waals surface area contributed by atoms with Crippen LogP contribution in [0.25, 0.3) is 0 Å². The second-order valence-electron chi connectivity index (χ2n) is 7.21. The van der Waals surface area contributed by atoms with Crippen molar-refractivity contribution in [1.82, 2.24) is 9.80 Å². The Hall–Kier alpha value is -1.59. The van der Waals surface area contributed by atoms with Crippen LogP contribution in [0.4, 0.5) is 0 Å². The van der Waals surface area contributed by atoms with Gasteiger partial charge in [-0.2, -0.15) is 0 Å². The summed E-state index contributed by atoms with van der Waals surface area (Å²) < 4.78 is 0. The van der Waals surface area contributed by atoms with E-state index in [2.05, 4.69) is 26.0 Å². The highest BCUT2D eigenvalue weighted by Gasteiger charge is 2.33. The standard InChI is InChI=1S/C21H33N3O2.ClH/c1-3-13-23(14-4-2)20(25)11-8-12-21(26)24-15-18(19(22)16-24)17-9-6-5-7-10-17;/h5-7,9-10,18-19H,3-4,8,11-16,22H2,1-2H3;1H/t18-,19+;/m0./s1. The molecule has 1 heterocycles. The zero-order valence-corrected chi connectivity index (χ0v) is 17.4. The Morgan fingerprint density at radius 2 is 1.70 bits per heavy atom. The Morgan fingerprint density at radius 3 is 2.30 bits per heavy atom. The van der Waals surface area contributed by atoms with E-state index in [9.17, 15) is 9.59 Å². The van der Waals surface area contributed by atoms with Crippen LogP contribution >= 0.6 is 12.4 Å². The van der Waals surface area contributed by atoms with Gasteiger partial charge in [-0.15, -0.1) is 12.4 Å². The van der Waals surface area contributed by atoms with Crippen molar-refractivity contribution in [2.75, 3.05) is 26.2 Å². The van der Waals surface area contributed by atoms with Gasteiger partial charge in [-0.05, 0) is 24.8 Å². The summed E-state index contributed by atoms with van der Waals surface area (Å²) in [4.78, 5) is 28.6. The topological polar surface area (TPSA) is 66.6 Å². The Labute approximate surface area is 169 Å². The number of amides is 2. The molecule has 1 saturated heterocycles. The summed E-state index contributed by atoms with van der Waals surface area (Å²) in [7, 11) is 0. The fourth-order valence-corrected chi connectivity index (χ4v) is 3.69. The van der Waals surface area contributed by atoms with Crippen LogP contribution in [0.15, 0.2) is 30.3 Å². The first kappa shape index (κ1) is 23.4. The number of benzene rings is 1. The quantitative estimate of drug-likeness (QED) is 0.698. The number of nitrogens with two attached hydrogens (primary N) is 1. The number of nitrogens with zero attached hydrogens (tertiary/aromatic N) is 2. The normalized spacial score (nSPS) is 18.9. The highest BCUT2D eigenvalue weighted by atomic mass is 35.5. The van der Waals surface area contributed by atoms with E-state index < -0.39 is 0 Å². The van der Waals surface area contributed by atoms with Crippen molar-refractivity contribution >= 4 is 24.2 Å². The molecular formula is C21H34ClN3O2. The fraction of sp³-hybridized carbons (Fsp3) is 0.619. The average Bonchev–Trinajstić information content (AvgIpc) is 3.04. The number of hydrogen-bond donors (Lipinski definition) is 1. The molecule has 1 aromatic rings. The van der Waals surface area contributed by atoms with Crippen LogP contribution in [0.2, 0.25) is 0 Å². The number of carbonyl (C=O) groups is 2. The van der Waals surface area contributed by atoms with Crippen molar-refractivity contribution in [3.63, 3.8) is 0 Å². The van der Waals surface area contributed by atoms with Crippen LogP contribution in [0.3, 0.4) is 0 Å². The van der Waals surface area contributed by atoms with E-state index in [1.165, 1.54) is 5.56 Å². The minimum absolute atomic E-state index is 0. The Kier molecular flexibility index (Phi) is 10.4. The lowest BCUT2D eigenvalue weighted by molar-refractivity contribution is -0.132. The molecule has 5 nitrogen and oxygen atoms in total. The van der Waals surface area contributed by atoms with E-state index in [4.69, 9.17) is 5.73 Å². The van der Waals surface area contributed by atoms with E-state index in [1.54, 1.807) is 0 Å². The van der Waals surface area contributed by atoms with E-state index in [1.807, 2.05) is 28.0 Å². The molecule has 0 spiro atoms. The molecule has 0 bridgehead atoms. The molecular weight excluding hydrogens is 362 g/mol. The summed E-state index contributed by atoms with van der Waals surface area (Å²) in [6.45, 7) is 7.05. The van der Waals surface area contributed by atoms with Gasteiger partial charge in [-0.25, -0.2) is 0 Å². The van der Waals surface area contributed by atoms with Gasteiger partial charge in [-0.3, -0.25) is 9.59 Å². The van der Waals surface area contributed by atoms with Crippen molar-refractivity contribution in [2.45, 2.75) is 57.9 Å². The largest absolute Gasteiger partial charge is 0.343 e. The molecule has 1 aliphatic heterocycles. The minimum Gasteiger partial charge on any atom is -0.343 e. The third kappa shape index (κ3) is 6.82. The highest BCUT2D eigenvalue weighted by molar-refractivity contribution is 5.85. The van der Waals surface area contributed by atoms with Gasteiger partial charge >= 0.3 is 0 Å². The lowest BCUT2D eigenvalue weighted by Gasteiger charge is -2.21. The predicted molar refractivity (Wildman–Crippen MR) is 112 cm³/mol. The van der Waals surface area contributed by atoms with E-state index in [0.717, 1.165) is 25.9 Å². The van der Waals surface area contributed by atoms with Crippen molar-refractivity contribution < 1.29 is 9.59 Å². The molecule has 2 amide bonds. The number of rotatable bonds is 9. The second-order valence-corrected chi connectivity index (χ2v) is 7.21. The molecule has 2 atom stereocenters. The van der Waals surface area contributed by atoms with Crippen LogP contribution in [0.5, 0.6) is 0 Å². The molecule has 27 heavy (non-hydrogen) atoms. The van der Waals surface area contributed by atoms with Crippen LogP contribution in [-0.2, 0) is 9.59 Å². The van der Waals surface area contributed by atoms with Gasteiger partial charge in [0.1, 0.15) is 0 Å². The molecule has 2 N–H and O–H groups in total. The predicted octanol–water partition coefficient (Wildman–Crippen LogP) is 3.18. The molecule has 0 radical (unpaired) electrons. The lowest BCUT2D eigenvalue weighted by atomic mass is 9.95. The van der Waals surface area contributed by atoms with Crippen molar-refractivity contribution in [3.05, 3.63) is 35.9 Å². The number of carbonyl (C=O) groups excluding carboxylic acids is 2. The highest BCUT2D eigenvalue weighted by Crippen LogP contribution is 2.26. The maximum Gasteiger partial charge on any atom is 0.222 e. The Bertz CT molecular complexity index is 576. The first-order valence-electron chi connectivity index (χ1n) is 9.92. The molecule has 1 aliphatic rings. The molecule has 0 saturated carbocycles. The van der Waals surface area contributed by atoms with E-state index >= 15 is 0 Å². The van der Waals surface area contributed by atoms with Crippen molar-refractivity contribution in [3.8, 4) is 0 Å². The summed E-state index contributed by atoms with van der Waals surface area (Å²) in [5.41, 5.74) is 7.46. The Morgan fingerprint density at radius 1 is 1.07 bits per heavy atom. The van der Waals surface area contributed by atoms with Crippen LogP contribution in [0, 0.1) is 0 Å². The SMILES string of the molecule is CCCN(CCC)C(=O)CCCC(=O)N1C[C@@H](N)[C@H](c2ccccc2)C1.Cl. The van der Waals surface area contributed by atoms with Gasteiger partial charge < -0.3 is 15.5 Å². The first-order chi connectivity index (χ1) is 12.6. The van der Waals surface area contributed by atoms with Gasteiger partial charge in [-0.1, -0.05) is 44.2 Å². The van der Waals surface area contributed by atoms with E-state index in [-0.39, 0.29) is 36.2 Å². The molecule has 6 heteroatoms. The third-order valence-electron chi connectivity index (χ3n) is 5.07. The van der Waals surface area contributed by atoms with Gasteiger partial charge in [0.25, 0.3) is 0 Å². The summed E-state index contributed by atoms with van der Waals surface area (Å²) in [6.07, 6.45) is 3.43. The first-order valence-corrected chi connectivity index (χ1v) is 9.92. The Balaban J connectivity index is 0.00000364. The van der Waals surface area contributed by atoms with Crippen molar-refractivity contribution in [1.29, 1.82) is 0 Å². The second kappa shape index (κ2) is 12.0. The van der Waals surface area contributed by atoms with Crippen LogP contribution in [-0.4, -0.2) is 53.8 Å². The summed E-state index contributed by atoms with van der Waals surface area (Å²) in [6, 6.07) is 10.1. The summed E-state index contributed by atoms with van der Waals surface area (Å²) in [5, 5.41) is 0. The number of likely N-dealkylation sites (tertiary alicyclic amines) is 1. The molecule has 0 aliphatic carbocycles. The molecule has 0 unspecified atom stereocenters. The van der Waals surface area contributed by atoms with E-state index in [0.29, 0.717) is 32.4 Å².